The Labute approximate surface area is 135 Å². The Kier molecular flexibility index (Phi) is 4.77. The first-order valence-electron chi connectivity index (χ1n) is 7.78. The number of carbonyl (C=O) groups is 1. The lowest BCUT2D eigenvalue weighted by Crippen LogP contribution is -2.46. The average molecular weight is 312 g/mol. The normalized spacial score (nSPS) is 15.4. The number of hydrogen-bond acceptors (Lipinski definition) is 6. The summed E-state index contributed by atoms with van der Waals surface area (Å²) in [5, 5.41) is 11.1. The van der Waals surface area contributed by atoms with Crippen LogP contribution in [0.4, 0.5) is 11.6 Å². The van der Waals surface area contributed by atoms with Crippen LogP contribution in [0.25, 0.3) is 0 Å². The Morgan fingerprint density at radius 2 is 2.00 bits per heavy atom. The van der Waals surface area contributed by atoms with Gasteiger partial charge in [0.1, 0.15) is 0 Å². The van der Waals surface area contributed by atoms with Gasteiger partial charge < -0.3 is 15.1 Å². The highest BCUT2D eigenvalue weighted by molar-refractivity contribution is 6.03. The van der Waals surface area contributed by atoms with Gasteiger partial charge >= 0.3 is 0 Å². The molecular weight excluding hydrogens is 292 g/mol. The van der Waals surface area contributed by atoms with Crippen LogP contribution in [-0.4, -0.2) is 58.7 Å². The second kappa shape index (κ2) is 7.15. The van der Waals surface area contributed by atoms with E-state index in [2.05, 4.69) is 37.2 Å². The lowest BCUT2D eigenvalue weighted by molar-refractivity contribution is 0.102. The standard InChI is InChI=1S/C16H20N6O/c1-2-21-8-10-22(11-9-21)15-6-5-14(19-20-15)18-16(23)13-4-3-7-17-12-13/h3-7,12H,2,8-11H2,1H3,(H,18,19,23). The number of piperazine rings is 1. The van der Waals surface area contributed by atoms with Crippen LogP contribution in [0.1, 0.15) is 17.3 Å². The zero-order chi connectivity index (χ0) is 16.1. The molecule has 0 atom stereocenters. The molecule has 0 bridgehead atoms. The van der Waals surface area contributed by atoms with E-state index in [1.165, 1.54) is 6.20 Å². The molecule has 3 heterocycles. The molecule has 23 heavy (non-hydrogen) atoms. The van der Waals surface area contributed by atoms with E-state index in [0.717, 1.165) is 38.5 Å². The number of nitrogens with one attached hydrogen (secondary N) is 1. The molecule has 1 saturated heterocycles. The summed E-state index contributed by atoms with van der Waals surface area (Å²) in [5.41, 5.74) is 0.495. The molecule has 2 aromatic heterocycles. The molecule has 1 aliphatic heterocycles. The van der Waals surface area contributed by atoms with Crippen LogP contribution in [0.3, 0.4) is 0 Å². The highest BCUT2D eigenvalue weighted by atomic mass is 16.1. The highest BCUT2D eigenvalue weighted by Gasteiger charge is 2.17. The number of rotatable bonds is 4. The molecule has 1 amide bonds. The van der Waals surface area contributed by atoms with Crippen molar-refractivity contribution in [2.24, 2.45) is 0 Å². The van der Waals surface area contributed by atoms with Crippen molar-refractivity contribution in [1.29, 1.82) is 0 Å². The van der Waals surface area contributed by atoms with E-state index in [9.17, 15) is 4.79 Å². The highest BCUT2D eigenvalue weighted by Crippen LogP contribution is 2.14. The quantitative estimate of drug-likeness (QED) is 0.916. The molecule has 0 aromatic carbocycles. The van der Waals surface area contributed by atoms with Gasteiger partial charge in [0.25, 0.3) is 5.91 Å². The van der Waals surface area contributed by atoms with Gasteiger partial charge in [-0.2, -0.15) is 0 Å². The summed E-state index contributed by atoms with van der Waals surface area (Å²) >= 11 is 0. The molecule has 0 unspecified atom stereocenters. The third-order valence-electron chi connectivity index (χ3n) is 3.96. The Balaban J connectivity index is 1.60. The van der Waals surface area contributed by atoms with E-state index in [4.69, 9.17) is 0 Å². The number of hydrogen-bond donors (Lipinski definition) is 1. The molecule has 7 nitrogen and oxygen atoms in total. The van der Waals surface area contributed by atoms with Crippen molar-refractivity contribution in [2.45, 2.75) is 6.92 Å². The van der Waals surface area contributed by atoms with Gasteiger partial charge in [0.05, 0.1) is 5.56 Å². The molecule has 7 heteroatoms. The molecule has 0 spiro atoms. The molecular formula is C16H20N6O. The van der Waals surface area contributed by atoms with Gasteiger partial charge in [-0.25, -0.2) is 0 Å². The molecule has 1 fully saturated rings. The number of pyridine rings is 1. The predicted octanol–water partition coefficient (Wildman–Crippen LogP) is 1.27. The lowest BCUT2D eigenvalue weighted by atomic mass is 10.2. The van der Waals surface area contributed by atoms with Crippen molar-refractivity contribution in [3.05, 3.63) is 42.2 Å². The fourth-order valence-electron chi connectivity index (χ4n) is 2.54. The molecule has 2 aromatic rings. The van der Waals surface area contributed by atoms with Crippen LogP contribution in [0.15, 0.2) is 36.7 Å². The Hall–Kier alpha value is -2.54. The maximum absolute atomic E-state index is 12.0. The van der Waals surface area contributed by atoms with Crippen molar-refractivity contribution in [3.63, 3.8) is 0 Å². The number of nitrogens with zero attached hydrogens (tertiary/aromatic N) is 5. The van der Waals surface area contributed by atoms with Crippen molar-refractivity contribution in [2.75, 3.05) is 42.9 Å². The molecule has 0 saturated carbocycles. The minimum Gasteiger partial charge on any atom is -0.353 e. The number of amides is 1. The van der Waals surface area contributed by atoms with Crippen molar-refractivity contribution < 1.29 is 4.79 Å². The zero-order valence-electron chi connectivity index (χ0n) is 13.1. The van der Waals surface area contributed by atoms with Gasteiger partial charge in [-0.05, 0) is 30.8 Å². The first kappa shape index (κ1) is 15.4. The Morgan fingerprint density at radius 1 is 1.17 bits per heavy atom. The topological polar surface area (TPSA) is 74.2 Å². The SMILES string of the molecule is CCN1CCN(c2ccc(NC(=O)c3cccnc3)nn2)CC1. The third kappa shape index (κ3) is 3.81. The van der Waals surface area contributed by atoms with Gasteiger partial charge in [-0.15, -0.1) is 10.2 Å². The Morgan fingerprint density at radius 3 is 2.61 bits per heavy atom. The number of likely N-dealkylation sites (N-methyl/N-ethyl adjacent to an activating group) is 1. The number of carbonyl (C=O) groups excluding carboxylic acids is 1. The number of aromatic nitrogens is 3. The van der Waals surface area contributed by atoms with E-state index in [0.29, 0.717) is 11.4 Å². The summed E-state index contributed by atoms with van der Waals surface area (Å²) in [7, 11) is 0. The van der Waals surface area contributed by atoms with E-state index < -0.39 is 0 Å². The van der Waals surface area contributed by atoms with Crippen LogP contribution < -0.4 is 10.2 Å². The van der Waals surface area contributed by atoms with Crippen molar-refractivity contribution >= 4 is 17.5 Å². The van der Waals surface area contributed by atoms with Gasteiger partial charge in [-0.1, -0.05) is 6.92 Å². The monoisotopic (exact) mass is 312 g/mol. The van der Waals surface area contributed by atoms with Crippen molar-refractivity contribution in [3.8, 4) is 0 Å². The molecule has 1 aliphatic rings. The maximum atomic E-state index is 12.0. The van der Waals surface area contributed by atoms with Gasteiger partial charge in [-0.3, -0.25) is 9.78 Å². The summed E-state index contributed by atoms with van der Waals surface area (Å²) in [6.45, 7) is 7.23. The van der Waals surface area contributed by atoms with E-state index in [-0.39, 0.29) is 5.91 Å². The number of anilines is 2. The fraction of sp³-hybridized carbons (Fsp3) is 0.375. The van der Waals surface area contributed by atoms with E-state index in [1.807, 2.05) is 6.07 Å². The van der Waals surface area contributed by atoms with Crippen LogP contribution in [0.2, 0.25) is 0 Å². The summed E-state index contributed by atoms with van der Waals surface area (Å²) in [6.07, 6.45) is 3.15. The predicted molar refractivity (Wildman–Crippen MR) is 88.5 cm³/mol. The summed E-state index contributed by atoms with van der Waals surface area (Å²) < 4.78 is 0. The zero-order valence-corrected chi connectivity index (χ0v) is 13.1. The van der Waals surface area contributed by atoms with Crippen molar-refractivity contribution in [1.82, 2.24) is 20.1 Å². The van der Waals surface area contributed by atoms with E-state index >= 15 is 0 Å². The maximum Gasteiger partial charge on any atom is 0.258 e. The summed E-state index contributed by atoms with van der Waals surface area (Å²) in [4.78, 5) is 20.6. The minimum absolute atomic E-state index is 0.239. The van der Waals surface area contributed by atoms with Gasteiger partial charge in [0.15, 0.2) is 11.6 Å². The molecule has 1 N–H and O–H groups in total. The average Bonchev–Trinajstić information content (AvgIpc) is 2.63. The molecule has 120 valence electrons. The smallest absolute Gasteiger partial charge is 0.258 e. The molecule has 3 rings (SSSR count). The third-order valence-corrected chi connectivity index (χ3v) is 3.96. The largest absolute Gasteiger partial charge is 0.353 e. The molecule has 0 aliphatic carbocycles. The minimum atomic E-state index is -0.239. The molecule has 0 radical (unpaired) electrons. The summed E-state index contributed by atoms with van der Waals surface area (Å²) in [5.74, 6) is 1.05. The van der Waals surface area contributed by atoms with Gasteiger partial charge in [0.2, 0.25) is 0 Å². The van der Waals surface area contributed by atoms with Crippen LogP contribution in [0, 0.1) is 0 Å². The fourth-order valence-corrected chi connectivity index (χ4v) is 2.54. The second-order valence-electron chi connectivity index (χ2n) is 5.39. The first-order chi connectivity index (χ1) is 11.3. The lowest BCUT2D eigenvalue weighted by Gasteiger charge is -2.34. The Bertz CT molecular complexity index is 637. The van der Waals surface area contributed by atoms with E-state index in [1.54, 1.807) is 24.4 Å². The second-order valence-corrected chi connectivity index (χ2v) is 5.39. The van der Waals surface area contributed by atoms with Crippen LogP contribution >= 0.6 is 0 Å². The summed E-state index contributed by atoms with van der Waals surface area (Å²) in [6, 6.07) is 7.10. The van der Waals surface area contributed by atoms with Gasteiger partial charge in [0, 0.05) is 38.6 Å². The van der Waals surface area contributed by atoms with Crippen LogP contribution in [-0.2, 0) is 0 Å². The van der Waals surface area contributed by atoms with Crippen LogP contribution in [0.5, 0.6) is 0 Å². The first-order valence-corrected chi connectivity index (χ1v) is 7.78.